The molecule has 15 N–H and O–H groups in total. The van der Waals surface area contributed by atoms with Gasteiger partial charge in [-0.3, -0.25) is 92.8 Å². The molecule has 33 heteroatoms. The van der Waals surface area contributed by atoms with Gasteiger partial charge in [-0.1, -0.05) is 0 Å². The van der Waals surface area contributed by atoms with Crippen molar-refractivity contribution < 1.29 is 103 Å². The van der Waals surface area contributed by atoms with Crippen molar-refractivity contribution in [3.05, 3.63) is 0 Å². The smallest absolute Gasteiger partial charge is 0.320 e. The van der Waals surface area contributed by atoms with Crippen LogP contribution in [-0.2, 0) is 57.5 Å². The van der Waals surface area contributed by atoms with Crippen LogP contribution in [0.3, 0.4) is 0 Å². The molecule has 4 amide bonds. The molecule has 0 bridgehead atoms. The number of carbonyl (C=O) groups is 11. The van der Waals surface area contributed by atoms with Gasteiger partial charge in [0.2, 0.25) is 23.6 Å². The fraction of sp³-hybridized carbons (Fsp3) is 0.744. The molecule has 0 aromatic rings. The fourth-order valence-electron chi connectivity index (χ4n) is 7.61. The van der Waals surface area contributed by atoms with Gasteiger partial charge in [0.15, 0.2) is 12.6 Å². The SMILES string of the molecule is O=C(O)CC[C@H](NC(O)N[C@@H](CCCCNC(=O)CNC(=O)CN(CCN(CC(=O)O)CC(=O)NCCNC(=O)CN1CCN(CC(=O)O)CCN(CC(=O)O)CCN(CC2OC2O)CC1)CC(=O)O)C(=O)O)C(=O)O. The summed E-state index contributed by atoms with van der Waals surface area (Å²) in [6, 6.07) is -2.84. The minimum absolute atomic E-state index is 0.0285. The van der Waals surface area contributed by atoms with E-state index in [-0.39, 0.29) is 104 Å². The first-order valence-corrected chi connectivity index (χ1v) is 24.4. The molecule has 2 rings (SSSR count). The lowest BCUT2D eigenvalue weighted by Crippen LogP contribution is -2.55. The lowest BCUT2D eigenvalue weighted by Gasteiger charge is -2.33. The second-order valence-corrected chi connectivity index (χ2v) is 18.0. The van der Waals surface area contributed by atoms with Crippen LogP contribution in [0, 0.1) is 0 Å². The Balaban J connectivity index is 1.83. The summed E-state index contributed by atoms with van der Waals surface area (Å²) in [7, 11) is 0. The van der Waals surface area contributed by atoms with E-state index in [9.17, 15) is 93.6 Å². The van der Waals surface area contributed by atoms with Gasteiger partial charge in [-0.05, 0) is 25.7 Å². The number of unbranched alkanes of at least 4 members (excludes halogenated alkanes) is 1. The number of aliphatic carboxylic acids is 7. The molecule has 0 saturated carbocycles. The number of carbonyl (C=O) groups excluding carboxylic acids is 4. The van der Waals surface area contributed by atoms with Gasteiger partial charge in [-0.25, -0.2) is 0 Å². The van der Waals surface area contributed by atoms with Crippen LogP contribution in [0.25, 0.3) is 0 Å². The molecule has 0 radical (unpaired) electrons. The van der Waals surface area contributed by atoms with E-state index in [0.29, 0.717) is 32.7 Å². The summed E-state index contributed by atoms with van der Waals surface area (Å²) < 4.78 is 5.17. The molecule has 76 heavy (non-hydrogen) atoms. The number of hydrogen-bond acceptors (Lipinski definition) is 22. The first-order chi connectivity index (χ1) is 35.9. The Morgan fingerprint density at radius 1 is 0.487 bits per heavy atom. The minimum atomic E-state index is -1.81. The molecule has 2 aliphatic heterocycles. The Labute approximate surface area is 436 Å². The second kappa shape index (κ2) is 35.9. The van der Waals surface area contributed by atoms with Crippen molar-refractivity contribution in [1.29, 1.82) is 0 Å². The van der Waals surface area contributed by atoms with Crippen LogP contribution in [0.2, 0.25) is 0 Å². The maximum absolute atomic E-state index is 13.1. The first-order valence-electron chi connectivity index (χ1n) is 24.4. The van der Waals surface area contributed by atoms with Gasteiger partial charge >= 0.3 is 41.8 Å². The molecule has 2 aliphatic rings. The van der Waals surface area contributed by atoms with Crippen molar-refractivity contribution in [3.8, 4) is 0 Å². The average Bonchev–Trinajstić information content (AvgIpc) is 4.02. The fourth-order valence-corrected chi connectivity index (χ4v) is 7.61. The predicted molar refractivity (Wildman–Crippen MR) is 258 cm³/mol. The molecule has 5 atom stereocenters. The van der Waals surface area contributed by atoms with Crippen LogP contribution in [0.5, 0.6) is 0 Å². The molecular formula is C43H74N12O21. The van der Waals surface area contributed by atoms with Crippen molar-refractivity contribution in [2.24, 2.45) is 0 Å². The Morgan fingerprint density at radius 2 is 0.908 bits per heavy atom. The zero-order valence-electron chi connectivity index (χ0n) is 42.1. The largest absolute Gasteiger partial charge is 0.481 e. The van der Waals surface area contributed by atoms with Crippen LogP contribution in [-0.4, -0.2) is 316 Å². The highest BCUT2D eigenvalue weighted by Gasteiger charge is 2.38. The van der Waals surface area contributed by atoms with Crippen LogP contribution in [0.1, 0.15) is 32.1 Å². The lowest BCUT2D eigenvalue weighted by molar-refractivity contribution is -0.143. The number of carboxylic acid groups (broad SMARTS) is 7. The van der Waals surface area contributed by atoms with E-state index in [0.717, 1.165) is 4.90 Å². The normalized spacial score (nSPS) is 18.3. The first kappa shape index (κ1) is 65.8. The van der Waals surface area contributed by atoms with E-state index >= 15 is 0 Å². The quantitative estimate of drug-likeness (QED) is 0.0155. The third-order valence-corrected chi connectivity index (χ3v) is 11.6. The van der Waals surface area contributed by atoms with E-state index in [2.05, 4.69) is 31.9 Å². The Hall–Kier alpha value is -6.27. The van der Waals surface area contributed by atoms with Crippen molar-refractivity contribution >= 4 is 65.4 Å². The number of hydrogen-bond donors (Lipinski definition) is 15. The zero-order valence-corrected chi connectivity index (χ0v) is 42.1. The number of aliphatic hydroxyl groups is 2. The van der Waals surface area contributed by atoms with Gasteiger partial charge in [0.25, 0.3) is 0 Å². The van der Waals surface area contributed by atoms with Gasteiger partial charge in [0.1, 0.15) is 18.2 Å². The molecule has 2 heterocycles. The Morgan fingerprint density at radius 3 is 1.34 bits per heavy atom. The zero-order chi connectivity index (χ0) is 56.7. The molecule has 33 nitrogen and oxygen atoms in total. The van der Waals surface area contributed by atoms with Gasteiger partial charge in [-0.15, -0.1) is 0 Å². The van der Waals surface area contributed by atoms with Crippen molar-refractivity contribution in [3.63, 3.8) is 0 Å². The number of epoxide rings is 1. The third-order valence-electron chi connectivity index (χ3n) is 11.6. The number of carboxylic acids is 7. The molecule has 0 spiro atoms. The summed E-state index contributed by atoms with van der Waals surface area (Å²) in [5.74, 6) is -11.3. The predicted octanol–water partition coefficient (Wildman–Crippen LogP) is -8.27. The summed E-state index contributed by atoms with van der Waals surface area (Å²) in [5.41, 5.74) is 0. The summed E-state index contributed by atoms with van der Waals surface area (Å²) >= 11 is 0. The number of nitrogens with zero attached hydrogens (tertiary/aromatic N) is 6. The number of aliphatic hydroxyl groups excluding tert-OH is 2. The van der Waals surface area contributed by atoms with E-state index in [1.165, 1.54) is 4.90 Å². The molecule has 0 aliphatic carbocycles. The second-order valence-electron chi connectivity index (χ2n) is 18.0. The van der Waals surface area contributed by atoms with Crippen LogP contribution < -0.4 is 31.9 Å². The summed E-state index contributed by atoms with van der Waals surface area (Å²) in [6.07, 6.45) is -3.67. The van der Waals surface area contributed by atoms with Gasteiger partial charge in [0.05, 0.1) is 52.4 Å². The molecule has 0 aromatic carbocycles. The highest BCUT2D eigenvalue weighted by atomic mass is 16.7. The number of ether oxygens (including phenoxy) is 1. The summed E-state index contributed by atoms with van der Waals surface area (Å²) in [5, 5.41) is 99.9. The molecule has 0 aromatic heterocycles. The van der Waals surface area contributed by atoms with Gasteiger partial charge < -0.3 is 72.0 Å². The van der Waals surface area contributed by atoms with E-state index < -0.39 is 135 Å². The topological polar surface area (TPSA) is 474 Å². The average molecular weight is 1100 g/mol. The Kier molecular flexibility index (Phi) is 31.1. The van der Waals surface area contributed by atoms with Crippen molar-refractivity contribution in [2.45, 2.75) is 62.9 Å². The standard InChI is InChI=1S/C43H74N12O21/c56-31(44-6-2-1-3-28(40(70)71)48-43(75)49-29(41(72)73)4-5-35(60)61)19-47-34(59)23-55(27-39(68)69)18-17-54(26-38(66)67)22-33(58)46-8-7-45-32(57)21-51-11-9-50(20-30-42(74)76-30)10-13-52(24-36(62)63)15-16-53(14-12-51)25-37(64)65/h28-30,42-43,48-49,74-75H,1-27H2,(H,44,56)(H,45,57)(H,46,58)(H,47,59)(H,60,61)(H,62,63)(H,64,65)(H,66,67)(H,68,69)(H,70,71)(H,72,73)/t28-,29-,30?,42?,43?/m0/s1. The van der Waals surface area contributed by atoms with Crippen molar-refractivity contribution in [1.82, 2.24) is 61.3 Å². The molecule has 3 unspecified atom stereocenters. The molecular weight excluding hydrogens is 1020 g/mol. The molecule has 2 fully saturated rings. The van der Waals surface area contributed by atoms with Crippen LogP contribution in [0.15, 0.2) is 0 Å². The number of rotatable bonds is 38. The lowest BCUT2D eigenvalue weighted by atomic mass is 10.1. The third kappa shape index (κ3) is 31.6. The molecule has 2 saturated heterocycles. The highest BCUT2D eigenvalue weighted by Crippen LogP contribution is 2.20. The maximum atomic E-state index is 13.1. The van der Waals surface area contributed by atoms with Gasteiger partial charge in [0, 0.05) is 98.0 Å². The number of amides is 4. The Bertz CT molecular complexity index is 1940. The monoisotopic (exact) mass is 1090 g/mol. The van der Waals surface area contributed by atoms with E-state index in [4.69, 9.17) is 9.84 Å². The van der Waals surface area contributed by atoms with Crippen LogP contribution >= 0.6 is 0 Å². The summed E-state index contributed by atoms with van der Waals surface area (Å²) in [4.78, 5) is 141. The van der Waals surface area contributed by atoms with E-state index in [1.54, 1.807) is 9.80 Å². The van der Waals surface area contributed by atoms with E-state index in [1.807, 2.05) is 9.80 Å². The van der Waals surface area contributed by atoms with Crippen LogP contribution in [0.4, 0.5) is 0 Å². The number of nitrogens with one attached hydrogen (secondary N) is 6. The van der Waals surface area contributed by atoms with Crippen molar-refractivity contribution in [2.75, 3.05) is 144 Å². The summed E-state index contributed by atoms with van der Waals surface area (Å²) in [6.45, 7) is -1.01. The van der Waals surface area contributed by atoms with Gasteiger partial charge in [-0.2, -0.15) is 0 Å². The molecule has 432 valence electrons. The maximum Gasteiger partial charge on any atom is 0.320 e. The minimum Gasteiger partial charge on any atom is -0.481 e. The highest BCUT2D eigenvalue weighted by molar-refractivity contribution is 5.86.